The van der Waals surface area contributed by atoms with Crippen molar-refractivity contribution in [2.75, 3.05) is 26.6 Å². The molecule has 0 aliphatic heterocycles. The van der Waals surface area contributed by atoms with Crippen LogP contribution in [0.2, 0.25) is 0 Å². The highest BCUT2D eigenvalue weighted by atomic mass is 16.5. The van der Waals surface area contributed by atoms with Gasteiger partial charge < -0.3 is 19.5 Å². The van der Waals surface area contributed by atoms with E-state index in [1.165, 1.54) is 7.11 Å². The number of amides is 1. The van der Waals surface area contributed by atoms with Crippen LogP contribution in [0.3, 0.4) is 0 Å². The minimum Gasteiger partial charge on any atom is -0.497 e. The molecule has 144 valence electrons. The molecule has 0 fully saturated rings. The van der Waals surface area contributed by atoms with Gasteiger partial charge in [0.15, 0.2) is 5.69 Å². The summed E-state index contributed by atoms with van der Waals surface area (Å²) in [5.74, 6) is -1.58. The van der Waals surface area contributed by atoms with E-state index in [2.05, 4.69) is 20.4 Å². The van der Waals surface area contributed by atoms with Gasteiger partial charge in [-0.05, 0) is 18.6 Å². The number of rotatable bonds is 7. The van der Waals surface area contributed by atoms with Crippen LogP contribution >= 0.6 is 0 Å². The topological polar surface area (TPSA) is 122 Å². The van der Waals surface area contributed by atoms with Crippen molar-refractivity contribution in [3.8, 4) is 5.75 Å². The molecular weight excluding hydrogens is 356 g/mol. The van der Waals surface area contributed by atoms with E-state index in [0.29, 0.717) is 11.4 Å². The highest BCUT2D eigenvalue weighted by Gasteiger charge is 2.32. The maximum Gasteiger partial charge on any atom is 0.361 e. The molecule has 0 aliphatic rings. The second kappa shape index (κ2) is 8.79. The molecule has 1 aromatic heterocycles. The second-order valence-electron chi connectivity index (χ2n) is 5.36. The summed E-state index contributed by atoms with van der Waals surface area (Å²) in [7, 11) is 3.81. The smallest absolute Gasteiger partial charge is 0.361 e. The van der Waals surface area contributed by atoms with Gasteiger partial charge in [0.2, 0.25) is 11.6 Å². The molecule has 10 nitrogen and oxygen atoms in total. The van der Waals surface area contributed by atoms with Crippen LogP contribution in [0.25, 0.3) is 0 Å². The fraction of sp³-hybridized carbons (Fsp3) is 0.353. The Morgan fingerprint density at radius 3 is 2.44 bits per heavy atom. The van der Waals surface area contributed by atoms with E-state index in [0.717, 1.165) is 18.9 Å². The highest BCUT2D eigenvalue weighted by molar-refractivity contribution is 6.01. The standard InChI is InChI=1S/C17H20N4O6/c1-5-12(15(22)18-10-7-6-8-11(9-10)25-2)21-14(17(24)27-4)13(19-20-21)16(23)26-3/h6-9,12H,5H2,1-4H3,(H,18,22)/t12-/m1/s1. The lowest BCUT2D eigenvalue weighted by molar-refractivity contribution is -0.119. The quantitative estimate of drug-likeness (QED) is 0.721. The Labute approximate surface area is 155 Å². The van der Waals surface area contributed by atoms with Crippen molar-refractivity contribution in [2.45, 2.75) is 19.4 Å². The summed E-state index contributed by atoms with van der Waals surface area (Å²) >= 11 is 0. The van der Waals surface area contributed by atoms with Gasteiger partial charge in [-0.15, -0.1) is 5.10 Å². The molecule has 0 aliphatic carbocycles. The number of esters is 2. The lowest BCUT2D eigenvalue weighted by Gasteiger charge is -2.17. The van der Waals surface area contributed by atoms with E-state index in [1.54, 1.807) is 31.2 Å². The Morgan fingerprint density at radius 1 is 1.15 bits per heavy atom. The molecule has 2 aromatic rings. The summed E-state index contributed by atoms with van der Waals surface area (Å²) in [4.78, 5) is 36.7. The number of hydrogen-bond acceptors (Lipinski definition) is 8. The molecule has 27 heavy (non-hydrogen) atoms. The number of carbonyl (C=O) groups excluding carboxylic acids is 3. The number of anilines is 1. The SMILES string of the molecule is CC[C@H](C(=O)Nc1cccc(OC)c1)n1nnc(C(=O)OC)c1C(=O)OC. The molecule has 0 saturated heterocycles. The summed E-state index contributed by atoms with van der Waals surface area (Å²) in [5.41, 5.74) is -0.0697. The molecule has 1 atom stereocenters. The predicted octanol–water partition coefficient (Wildman–Crippen LogP) is 1.45. The Hall–Kier alpha value is -3.43. The molecule has 10 heteroatoms. The fourth-order valence-electron chi connectivity index (χ4n) is 2.43. The van der Waals surface area contributed by atoms with E-state index in [1.807, 2.05) is 0 Å². The van der Waals surface area contributed by atoms with E-state index < -0.39 is 23.9 Å². The molecule has 0 saturated carbocycles. The first-order chi connectivity index (χ1) is 13.0. The Morgan fingerprint density at radius 2 is 1.85 bits per heavy atom. The van der Waals surface area contributed by atoms with Crippen molar-refractivity contribution in [3.05, 3.63) is 35.7 Å². The summed E-state index contributed by atoms with van der Waals surface area (Å²) in [6.45, 7) is 1.73. The minimum absolute atomic E-state index is 0.253. The number of ether oxygens (including phenoxy) is 3. The van der Waals surface area contributed by atoms with Gasteiger partial charge in [-0.1, -0.05) is 18.2 Å². The average Bonchev–Trinajstić information content (AvgIpc) is 3.12. The van der Waals surface area contributed by atoms with E-state index >= 15 is 0 Å². The van der Waals surface area contributed by atoms with Gasteiger partial charge in [-0.25, -0.2) is 14.3 Å². The van der Waals surface area contributed by atoms with Crippen molar-refractivity contribution in [1.82, 2.24) is 15.0 Å². The molecule has 0 bridgehead atoms. The third-order valence-corrected chi connectivity index (χ3v) is 3.77. The molecule has 1 N–H and O–H groups in total. The number of hydrogen-bond donors (Lipinski definition) is 1. The van der Waals surface area contributed by atoms with Crippen LogP contribution in [0.4, 0.5) is 5.69 Å². The largest absolute Gasteiger partial charge is 0.497 e. The lowest BCUT2D eigenvalue weighted by atomic mass is 10.2. The van der Waals surface area contributed by atoms with Gasteiger partial charge in [0, 0.05) is 11.8 Å². The second-order valence-corrected chi connectivity index (χ2v) is 5.36. The summed E-state index contributed by atoms with van der Waals surface area (Å²) in [6, 6.07) is 5.89. The number of methoxy groups -OCH3 is 3. The van der Waals surface area contributed by atoms with Crippen LogP contribution in [0.15, 0.2) is 24.3 Å². The van der Waals surface area contributed by atoms with Crippen molar-refractivity contribution in [2.24, 2.45) is 0 Å². The summed E-state index contributed by atoms with van der Waals surface area (Å²) in [6.07, 6.45) is 0.282. The van der Waals surface area contributed by atoms with Crippen molar-refractivity contribution in [3.63, 3.8) is 0 Å². The first-order valence-corrected chi connectivity index (χ1v) is 8.03. The first-order valence-electron chi connectivity index (χ1n) is 8.03. The highest BCUT2D eigenvalue weighted by Crippen LogP contribution is 2.21. The van der Waals surface area contributed by atoms with E-state index in [4.69, 9.17) is 9.47 Å². The molecule has 1 amide bonds. The molecule has 1 heterocycles. The predicted molar refractivity (Wildman–Crippen MR) is 93.7 cm³/mol. The zero-order valence-corrected chi connectivity index (χ0v) is 15.4. The maximum absolute atomic E-state index is 12.7. The van der Waals surface area contributed by atoms with Crippen LogP contribution in [-0.2, 0) is 14.3 Å². The monoisotopic (exact) mass is 376 g/mol. The van der Waals surface area contributed by atoms with Crippen LogP contribution in [0.1, 0.15) is 40.4 Å². The summed E-state index contributed by atoms with van der Waals surface area (Å²) < 4.78 is 15.5. The van der Waals surface area contributed by atoms with E-state index in [-0.39, 0.29) is 17.8 Å². The third-order valence-electron chi connectivity index (χ3n) is 3.77. The lowest BCUT2D eigenvalue weighted by Crippen LogP contribution is -2.29. The Balaban J connectivity index is 2.38. The molecule has 0 radical (unpaired) electrons. The van der Waals surface area contributed by atoms with E-state index in [9.17, 15) is 14.4 Å². The zero-order chi connectivity index (χ0) is 20.0. The van der Waals surface area contributed by atoms with Gasteiger partial charge in [-0.3, -0.25) is 4.79 Å². The number of nitrogens with zero attached hydrogens (tertiary/aromatic N) is 3. The number of nitrogens with one attached hydrogen (secondary N) is 1. The molecular formula is C17H20N4O6. The molecule has 1 aromatic carbocycles. The average molecular weight is 376 g/mol. The number of aromatic nitrogens is 3. The van der Waals surface area contributed by atoms with Crippen LogP contribution in [0, 0.1) is 0 Å². The van der Waals surface area contributed by atoms with Gasteiger partial charge in [0.05, 0.1) is 21.3 Å². The van der Waals surface area contributed by atoms with Crippen LogP contribution < -0.4 is 10.1 Å². The fourth-order valence-corrected chi connectivity index (χ4v) is 2.43. The normalized spacial score (nSPS) is 11.4. The first kappa shape index (κ1) is 19.9. The van der Waals surface area contributed by atoms with Crippen LogP contribution in [0.5, 0.6) is 5.75 Å². The molecule has 2 rings (SSSR count). The van der Waals surface area contributed by atoms with Gasteiger partial charge >= 0.3 is 11.9 Å². The number of benzene rings is 1. The van der Waals surface area contributed by atoms with Crippen molar-refractivity contribution < 1.29 is 28.6 Å². The number of carbonyl (C=O) groups is 3. The van der Waals surface area contributed by atoms with Crippen LogP contribution in [-0.4, -0.2) is 54.2 Å². The Kier molecular flexibility index (Phi) is 6.47. The third kappa shape index (κ3) is 4.22. The molecule has 0 spiro atoms. The van der Waals surface area contributed by atoms with Gasteiger partial charge in [0.1, 0.15) is 11.8 Å². The van der Waals surface area contributed by atoms with Gasteiger partial charge in [-0.2, -0.15) is 0 Å². The van der Waals surface area contributed by atoms with Gasteiger partial charge in [0.25, 0.3) is 0 Å². The minimum atomic E-state index is -0.906. The van der Waals surface area contributed by atoms with Crippen molar-refractivity contribution in [1.29, 1.82) is 0 Å². The van der Waals surface area contributed by atoms with Crippen molar-refractivity contribution >= 4 is 23.5 Å². The molecule has 0 unspecified atom stereocenters. The Bertz CT molecular complexity index is 848. The maximum atomic E-state index is 12.7. The zero-order valence-electron chi connectivity index (χ0n) is 15.4. The summed E-state index contributed by atoms with van der Waals surface area (Å²) in [5, 5.41) is 10.2.